The van der Waals surface area contributed by atoms with Gasteiger partial charge in [0.2, 0.25) is 0 Å². The van der Waals surface area contributed by atoms with E-state index in [1.165, 1.54) is 0 Å². The number of sulfone groups is 2. The molecule has 0 unspecified atom stereocenters. The van der Waals surface area contributed by atoms with Crippen LogP contribution in [0.5, 0.6) is 0 Å². The fraction of sp³-hybridized carbons (Fsp3) is 0.833. The van der Waals surface area contributed by atoms with Crippen molar-refractivity contribution < 1.29 is 16.8 Å². The van der Waals surface area contributed by atoms with Crippen molar-refractivity contribution in [2.75, 3.05) is 36.1 Å². The molecule has 4 fully saturated rings. The van der Waals surface area contributed by atoms with Crippen molar-refractivity contribution in [2.24, 2.45) is 0 Å². The summed E-state index contributed by atoms with van der Waals surface area (Å²) in [6, 6.07) is -0.582. The first-order valence-corrected chi connectivity index (χ1v) is 12.2. The van der Waals surface area contributed by atoms with E-state index in [0.717, 1.165) is 0 Å². The molecule has 0 spiro atoms. The molecule has 8 nitrogen and oxygen atoms in total. The van der Waals surface area contributed by atoms with E-state index in [9.17, 15) is 16.8 Å². The lowest BCUT2D eigenvalue weighted by Gasteiger charge is -2.29. The monoisotopic (exact) mass is 410 g/mol. The molecule has 0 aromatic heterocycles. The summed E-state index contributed by atoms with van der Waals surface area (Å²) in [6.07, 6.45) is 0. The Morgan fingerprint density at radius 2 is 1.17 bits per heavy atom. The Balaban J connectivity index is 1.45. The molecule has 2 N–H and O–H groups in total. The Bertz CT molecular complexity index is 743. The van der Waals surface area contributed by atoms with Crippen LogP contribution in [0.2, 0.25) is 0 Å². The maximum atomic E-state index is 11.8. The third kappa shape index (κ3) is 2.76. The van der Waals surface area contributed by atoms with Crippen LogP contribution in [0.4, 0.5) is 0 Å². The summed E-state index contributed by atoms with van der Waals surface area (Å²) in [4.78, 5) is 3.81. The molecule has 134 valence electrons. The van der Waals surface area contributed by atoms with E-state index in [1.54, 1.807) is 0 Å². The van der Waals surface area contributed by atoms with Crippen molar-refractivity contribution in [1.29, 1.82) is 0 Å². The van der Waals surface area contributed by atoms with Gasteiger partial charge in [-0.2, -0.15) is 0 Å². The fourth-order valence-corrected chi connectivity index (χ4v) is 8.68. The number of thiocarbonyl (C=S) groups is 2. The molecule has 4 atom stereocenters. The highest BCUT2D eigenvalue weighted by atomic mass is 32.2. The number of hydrogen-bond donors (Lipinski definition) is 2. The second kappa shape index (κ2) is 5.39. The minimum atomic E-state index is -3.03. The third-order valence-electron chi connectivity index (χ3n) is 5.17. The summed E-state index contributed by atoms with van der Waals surface area (Å²) in [7, 11) is -6.07. The van der Waals surface area contributed by atoms with Crippen molar-refractivity contribution in [3.05, 3.63) is 0 Å². The molecule has 12 heteroatoms. The lowest BCUT2D eigenvalue weighted by Crippen LogP contribution is -2.45. The average molecular weight is 411 g/mol. The highest BCUT2D eigenvalue weighted by Crippen LogP contribution is 2.26. The standard InChI is InChI=1S/C12H18N4O4S4/c17-23(18)3-7-9(5-23)15(11(21)13-7)1-2-16-10-6-24(19,20)4-8(10)14-12(16)22/h7-10H,1-6H2,(H,13,21)(H,14,22)/t7-,8+,9-,10-/m0/s1. The quantitative estimate of drug-likeness (QED) is 0.494. The third-order valence-corrected chi connectivity index (χ3v) is 9.30. The summed E-state index contributed by atoms with van der Waals surface area (Å²) in [5.74, 6) is 0.434. The molecule has 4 aliphatic heterocycles. The molecular weight excluding hydrogens is 392 g/mol. The van der Waals surface area contributed by atoms with E-state index in [4.69, 9.17) is 24.4 Å². The van der Waals surface area contributed by atoms with E-state index in [2.05, 4.69) is 10.6 Å². The Labute approximate surface area is 151 Å². The first-order chi connectivity index (χ1) is 11.2. The summed E-state index contributed by atoms with van der Waals surface area (Å²) in [6.45, 7) is 1.04. The highest BCUT2D eigenvalue weighted by molar-refractivity contribution is 7.92. The summed E-state index contributed by atoms with van der Waals surface area (Å²) in [5.41, 5.74) is 0. The van der Waals surface area contributed by atoms with Crippen molar-refractivity contribution in [2.45, 2.75) is 24.2 Å². The van der Waals surface area contributed by atoms with Crippen LogP contribution in [0.3, 0.4) is 0 Å². The second-order valence-electron chi connectivity index (χ2n) is 6.79. The van der Waals surface area contributed by atoms with Gasteiger partial charge in [-0.05, 0) is 24.4 Å². The summed E-state index contributed by atoms with van der Waals surface area (Å²) in [5, 5.41) is 7.29. The van der Waals surface area contributed by atoms with Crippen molar-refractivity contribution >= 4 is 54.3 Å². The molecule has 4 saturated heterocycles. The van der Waals surface area contributed by atoms with Crippen LogP contribution in [0.1, 0.15) is 0 Å². The molecule has 0 bridgehead atoms. The van der Waals surface area contributed by atoms with Gasteiger partial charge in [-0.3, -0.25) is 0 Å². The minimum Gasteiger partial charge on any atom is -0.357 e. The van der Waals surface area contributed by atoms with Gasteiger partial charge in [-0.15, -0.1) is 0 Å². The Kier molecular flexibility index (Phi) is 3.76. The van der Waals surface area contributed by atoms with Crippen LogP contribution in [0, 0.1) is 0 Å². The maximum Gasteiger partial charge on any atom is 0.169 e. The Hall–Kier alpha value is -0.720. The number of rotatable bonds is 3. The molecular formula is C12H18N4O4S4. The number of fused-ring (bicyclic) bond motifs is 2. The molecule has 0 aromatic rings. The van der Waals surface area contributed by atoms with Gasteiger partial charge < -0.3 is 20.4 Å². The minimum absolute atomic E-state index is 0.105. The Morgan fingerprint density at radius 1 is 0.792 bits per heavy atom. The van der Waals surface area contributed by atoms with Crippen molar-refractivity contribution in [1.82, 2.24) is 20.4 Å². The zero-order chi connectivity index (χ0) is 17.3. The van der Waals surface area contributed by atoms with Gasteiger partial charge in [0.1, 0.15) is 0 Å². The fourth-order valence-electron chi connectivity index (χ4n) is 4.08. The molecule has 0 aliphatic carbocycles. The zero-order valence-electron chi connectivity index (χ0n) is 12.7. The van der Waals surface area contributed by atoms with Crippen LogP contribution in [-0.2, 0) is 19.7 Å². The normalized spacial score (nSPS) is 38.8. The topological polar surface area (TPSA) is 98.8 Å². The number of nitrogens with zero attached hydrogens (tertiary/aromatic N) is 2. The van der Waals surface area contributed by atoms with Gasteiger partial charge in [0, 0.05) is 13.1 Å². The van der Waals surface area contributed by atoms with Crippen LogP contribution >= 0.6 is 24.4 Å². The number of hydrogen-bond acceptors (Lipinski definition) is 6. The predicted octanol–water partition coefficient (Wildman–Crippen LogP) is -2.30. The maximum absolute atomic E-state index is 11.8. The first-order valence-electron chi connectivity index (χ1n) is 7.70. The smallest absolute Gasteiger partial charge is 0.169 e. The molecule has 0 radical (unpaired) electrons. The molecule has 0 saturated carbocycles. The molecule has 0 aromatic carbocycles. The summed E-state index contributed by atoms with van der Waals surface area (Å²) >= 11 is 10.7. The lowest BCUT2D eigenvalue weighted by atomic mass is 10.2. The van der Waals surface area contributed by atoms with Gasteiger partial charge in [-0.25, -0.2) is 16.8 Å². The van der Waals surface area contributed by atoms with Gasteiger partial charge in [-0.1, -0.05) is 0 Å². The van der Waals surface area contributed by atoms with Gasteiger partial charge in [0.15, 0.2) is 29.9 Å². The van der Waals surface area contributed by atoms with Gasteiger partial charge >= 0.3 is 0 Å². The van der Waals surface area contributed by atoms with Gasteiger partial charge in [0.05, 0.1) is 47.2 Å². The zero-order valence-corrected chi connectivity index (χ0v) is 16.0. The van der Waals surface area contributed by atoms with E-state index in [0.29, 0.717) is 23.3 Å². The van der Waals surface area contributed by atoms with Crippen LogP contribution in [0.25, 0.3) is 0 Å². The summed E-state index contributed by atoms with van der Waals surface area (Å²) < 4.78 is 47.2. The van der Waals surface area contributed by atoms with Crippen molar-refractivity contribution in [3.8, 4) is 0 Å². The van der Waals surface area contributed by atoms with E-state index >= 15 is 0 Å². The first kappa shape index (κ1) is 16.7. The largest absolute Gasteiger partial charge is 0.357 e. The van der Waals surface area contributed by atoms with Crippen molar-refractivity contribution in [3.63, 3.8) is 0 Å². The van der Waals surface area contributed by atoms with E-state index in [-0.39, 0.29) is 47.2 Å². The number of nitrogens with one attached hydrogen (secondary N) is 2. The SMILES string of the molecule is O=S1(=O)C[C@@H]2NC(=S)N(CCN3C(=S)N[C@@H]4CS(=O)(=O)C[C@@H]43)[C@H]2C1. The molecule has 4 rings (SSSR count). The Morgan fingerprint density at radius 3 is 1.54 bits per heavy atom. The molecule has 0 amide bonds. The van der Waals surface area contributed by atoms with Crippen LogP contribution in [0.15, 0.2) is 0 Å². The van der Waals surface area contributed by atoms with Crippen LogP contribution < -0.4 is 10.6 Å². The highest BCUT2D eigenvalue weighted by Gasteiger charge is 2.49. The average Bonchev–Trinajstić information content (AvgIpc) is 3.05. The second-order valence-corrected chi connectivity index (χ2v) is 11.9. The lowest BCUT2D eigenvalue weighted by molar-refractivity contribution is 0.286. The molecule has 4 heterocycles. The van der Waals surface area contributed by atoms with E-state index in [1.807, 2.05) is 9.80 Å². The predicted molar refractivity (Wildman–Crippen MR) is 97.3 cm³/mol. The van der Waals surface area contributed by atoms with Crippen LogP contribution in [-0.4, -0.2) is 97.1 Å². The van der Waals surface area contributed by atoms with Gasteiger partial charge in [0.25, 0.3) is 0 Å². The molecule has 24 heavy (non-hydrogen) atoms. The van der Waals surface area contributed by atoms with E-state index < -0.39 is 19.7 Å². The molecule has 4 aliphatic rings.